The Morgan fingerprint density at radius 2 is 1.88 bits per heavy atom. The third-order valence-corrected chi connectivity index (χ3v) is 4.77. The SMILES string of the molecule is COCCCNCc1c(Br)ccc(OC)c1OCc1ccccc1C. The average Bonchev–Trinajstić information content (AvgIpc) is 2.62. The second-order valence-electron chi connectivity index (χ2n) is 5.80. The fraction of sp³-hybridized carbons (Fsp3) is 0.400. The van der Waals surface area contributed by atoms with E-state index in [-0.39, 0.29) is 0 Å². The van der Waals surface area contributed by atoms with Crippen molar-refractivity contribution in [2.45, 2.75) is 26.5 Å². The highest BCUT2D eigenvalue weighted by molar-refractivity contribution is 9.10. The summed E-state index contributed by atoms with van der Waals surface area (Å²) >= 11 is 3.63. The van der Waals surface area contributed by atoms with Crippen molar-refractivity contribution in [3.05, 3.63) is 57.6 Å². The predicted molar refractivity (Wildman–Crippen MR) is 104 cm³/mol. The topological polar surface area (TPSA) is 39.7 Å². The molecular formula is C20H26BrNO3. The van der Waals surface area contributed by atoms with Crippen molar-refractivity contribution in [3.63, 3.8) is 0 Å². The molecule has 0 aliphatic rings. The molecule has 2 aromatic carbocycles. The Bertz CT molecular complexity index is 676. The van der Waals surface area contributed by atoms with E-state index >= 15 is 0 Å². The molecule has 1 N–H and O–H groups in total. The van der Waals surface area contributed by atoms with Gasteiger partial charge in [0.15, 0.2) is 11.5 Å². The lowest BCUT2D eigenvalue weighted by molar-refractivity contribution is 0.194. The monoisotopic (exact) mass is 407 g/mol. The molecule has 0 atom stereocenters. The normalized spacial score (nSPS) is 10.7. The molecule has 0 amide bonds. The van der Waals surface area contributed by atoms with Gasteiger partial charge in [0.05, 0.1) is 7.11 Å². The molecule has 136 valence electrons. The van der Waals surface area contributed by atoms with Gasteiger partial charge in [0, 0.05) is 30.3 Å². The van der Waals surface area contributed by atoms with Crippen molar-refractivity contribution >= 4 is 15.9 Å². The van der Waals surface area contributed by atoms with Crippen LogP contribution in [-0.4, -0.2) is 27.4 Å². The van der Waals surface area contributed by atoms with Gasteiger partial charge in [0.25, 0.3) is 0 Å². The number of methoxy groups -OCH3 is 2. The van der Waals surface area contributed by atoms with Crippen LogP contribution in [0.5, 0.6) is 11.5 Å². The third kappa shape index (κ3) is 5.73. The Morgan fingerprint density at radius 1 is 1.08 bits per heavy atom. The fourth-order valence-corrected chi connectivity index (χ4v) is 3.00. The zero-order valence-corrected chi connectivity index (χ0v) is 16.7. The van der Waals surface area contributed by atoms with E-state index in [0.717, 1.165) is 41.1 Å². The van der Waals surface area contributed by atoms with E-state index < -0.39 is 0 Å². The fourth-order valence-electron chi connectivity index (χ4n) is 2.54. The molecule has 25 heavy (non-hydrogen) atoms. The van der Waals surface area contributed by atoms with Crippen molar-refractivity contribution in [3.8, 4) is 11.5 Å². The van der Waals surface area contributed by atoms with E-state index in [2.05, 4.69) is 40.3 Å². The highest BCUT2D eigenvalue weighted by Crippen LogP contribution is 2.36. The minimum Gasteiger partial charge on any atom is -0.493 e. The first kappa shape index (κ1) is 19.8. The molecule has 5 heteroatoms. The van der Waals surface area contributed by atoms with Gasteiger partial charge in [-0.3, -0.25) is 0 Å². The van der Waals surface area contributed by atoms with Gasteiger partial charge < -0.3 is 19.5 Å². The minimum atomic E-state index is 0.510. The molecule has 0 saturated carbocycles. The third-order valence-electron chi connectivity index (χ3n) is 4.02. The lowest BCUT2D eigenvalue weighted by atomic mass is 10.1. The average molecular weight is 408 g/mol. The van der Waals surface area contributed by atoms with Gasteiger partial charge in [-0.2, -0.15) is 0 Å². The summed E-state index contributed by atoms with van der Waals surface area (Å²) in [4.78, 5) is 0. The highest BCUT2D eigenvalue weighted by atomic mass is 79.9. The molecule has 2 aromatic rings. The summed E-state index contributed by atoms with van der Waals surface area (Å²) in [6.45, 7) is 4.94. The summed E-state index contributed by atoms with van der Waals surface area (Å²) in [5, 5.41) is 3.43. The molecule has 0 aromatic heterocycles. The molecule has 0 bridgehead atoms. The van der Waals surface area contributed by atoms with Crippen molar-refractivity contribution in [1.29, 1.82) is 0 Å². The van der Waals surface area contributed by atoms with Gasteiger partial charge in [-0.1, -0.05) is 40.2 Å². The number of hydrogen-bond acceptors (Lipinski definition) is 4. The molecule has 0 aliphatic heterocycles. The molecule has 0 saturated heterocycles. The largest absolute Gasteiger partial charge is 0.493 e. The van der Waals surface area contributed by atoms with Gasteiger partial charge in [0.1, 0.15) is 6.61 Å². The molecule has 0 unspecified atom stereocenters. The van der Waals surface area contributed by atoms with Crippen molar-refractivity contribution in [1.82, 2.24) is 5.32 Å². The van der Waals surface area contributed by atoms with Gasteiger partial charge in [-0.05, 0) is 43.1 Å². The number of hydrogen-bond donors (Lipinski definition) is 1. The molecule has 2 rings (SSSR count). The molecule has 0 spiro atoms. The first-order valence-corrected chi connectivity index (χ1v) is 9.19. The standard InChI is InChI=1S/C20H26BrNO3/c1-15-7-4-5-8-16(15)14-25-20-17(13-22-11-6-12-23-2)18(21)9-10-19(20)24-3/h4-5,7-10,22H,6,11-14H2,1-3H3. The van der Waals surface area contributed by atoms with E-state index in [9.17, 15) is 0 Å². The van der Waals surface area contributed by atoms with E-state index in [1.165, 1.54) is 11.1 Å². The molecule has 0 aliphatic carbocycles. The quantitative estimate of drug-likeness (QED) is 0.589. The minimum absolute atomic E-state index is 0.510. The summed E-state index contributed by atoms with van der Waals surface area (Å²) in [5.74, 6) is 1.52. The van der Waals surface area contributed by atoms with Crippen LogP contribution >= 0.6 is 15.9 Å². The predicted octanol–water partition coefficient (Wildman–Crippen LogP) is 4.47. The first-order chi connectivity index (χ1) is 12.2. The Morgan fingerprint density at radius 3 is 2.60 bits per heavy atom. The van der Waals surface area contributed by atoms with Crippen LogP contribution in [0.15, 0.2) is 40.9 Å². The summed E-state index contributed by atoms with van der Waals surface area (Å²) < 4.78 is 17.8. The number of rotatable bonds is 10. The molecule has 0 radical (unpaired) electrons. The number of benzene rings is 2. The maximum atomic E-state index is 6.17. The summed E-state index contributed by atoms with van der Waals surface area (Å²) in [5.41, 5.74) is 3.45. The van der Waals surface area contributed by atoms with Crippen LogP contribution in [0.25, 0.3) is 0 Å². The zero-order chi connectivity index (χ0) is 18.1. The van der Waals surface area contributed by atoms with Gasteiger partial charge in [-0.25, -0.2) is 0 Å². The Hall–Kier alpha value is -1.56. The number of nitrogens with one attached hydrogen (secondary N) is 1. The Balaban J connectivity index is 2.13. The maximum Gasteiger partial charge on any atom is 0.167 e. The Kier molecular flexibility index (Phi) is 8.25. The first-order valence-electron chi connectivity index (χ1n) is 8.39. The van der Waals surface area contributed by atoms with Gasteiger partial charge in [0.2, 0.25) is 0 Å². The summed E-state index contributed by atoms with van der Waals surface area (Å²) in [7, 11) is 3.38. The van der Waals surface area contributed by atoms with Crippen LogP contribution in [0.2, 0.25) is 0 Å². The van der Waals surface area contributed by atoms with Crippen molar-refractivity contribution < 1.29 is 14.2 Å². The molecule has 4 nitrogen and oxygen atoms in total. The summed E-state index contributed by atoms with van der Waals surface area (Å²) in [6, 6.07) is 12.2. The maximum absolute atomic E-state index is 6.17. The second-order valence-corrected chi connectivity index (χ2v) is 6.65. The zero-order valence-electron chi connectivity index (χ0n) is 15.1. The van der Waals surface area contributed by atoms with Crippen molar-refractivity contribution in [2.24, 2.45) is 0 Å². The van der Waals surface area contributed by atoms with Gasteiger partial charge in [-0.15, -0.1) is 0 Å². The van der Waals surface area contributed by atoms with E-state index in [0.29, 0.717) is 13.2 Å². The van der Waals surface area contributed by atoms with Gasteiger partial charge >= 0.3 is 0 Å². The van der Waals surface area contributed by atoms with Crippen LogP contribution < -0.4 is 14.8 Å². The summed E-state index contributed by atoms with van der Waals surface area (Å²) in [6.07, 6.45) is 0.970. The molecule has 0 fully saturated rings. The highest BCUT2D eigenvalue weighted by Gasteiger charge is 2.15. The number of halogens is 1. The van der Waals surface area contributed by atoms with Crippen LogP contribution in [-0.2, 0) is 17.9 Å². The lowest BCUT2D eigenvalue weighted by Crippen LogP contribution is -2.17. The smallest absolute Gasteiger partial charge is 0.167 e. The lowest BCUT2D eigenvalue weighted by Gasteiger charge is -2.18. The Labute approximate surface area is 158 Å². The van der Waals surface area contributed by atoms with Crippen LogP contribution in [0.3, 0.4) is 0 Å². The van der Waals surface area contributed by atoms with E-state index in [4.69, 9.17) is 14.2 Å². The second kappa shape index (κ2) is 10.4. The molecular weight excluding hydrogens is 382 g/mol. The molecule has 0 heterocycles. The van der Waals surface area contributed by atoms with Crippen LogP contribution in [0, 0.1) is 6.92 Å². The van der Waals surface area contributed by atoms with E-state index in [1.54, 1.807) is 14.2 Å². The van der Waals surface area contributed by atoms with Crippen LogP contribution in [0.4, 0.5) is 0 Å². The van der Waals surface area contributed by atoms with E-state index in [1.807, 2.05) is 24.3 Å². The number of ether oxygens (including phenoxy) is 3. The van der Waals surface area contributed by atoms with Crippen LogP contribution in [0.1, 0.15) is 23.1 Å². The number of aryl methyl sites for hydroxylation is 1. The van der Waals surface area contributed by atoms with Crippen molar-refractivity contribution in [2.75, 3.05) is 27.4 Å².